The van der Waals surface area contributed by atoms with Gasteiger partial charge in [0, 0.05) is 5.56 Å². The lowest BCUT2D eigenvalue weighted by atomic mass is 9.98. The molecule has 0 spiro atoms. The van der Waals surface area contributed by atoms with Crippen LogP contribution in [0.25, 0.3) is 22.2 Å². The third-order valence-corrected chi connectivity index (χ3v) is 5.42. The Kier molecular flexibility index (Phi) is 5.07. The normalized spacial score (nSPS) is 12.2. The van der Waals surface area contributed by atoms with Crippen molar-refractivity contribution >= 4 is 22.8 Å². The van der Waals surface area contributed by atoms with Gasteiger partial charge in [-0.25, -0.2) is 4.79 Å². The molecule has 3 aromatic carbocycles. The Balaban J connectivity index is 1.53. The second-order valence-corrected chi connectivity index (χ2v) is 7.39. The predicted molar refractivity (Wildman–Crippen MR) is 123 cm³/mol. The first-order valence-electron chi connectivity index (χ1n) is 10.4. The quantitative estimate of drug-likeness (QED) is 0.448. The summed E-state index contributed by atoms with van der Waals surface area (Å²) in [5.74, 6) is 0.509. The van der Waals surface area contributed by atoms with E-state index in [0.29, 0.717) is 35.8 Å². The molecule has 1 aliphatic rings. The molecule has 0 bridgehead atoms. The number of amidine groups is 1. The van der Waals surface area contributed by atoms with Gasteiger partial charge in [-0.3, -0.25) is 9.99 Å². The lowest BCUT2D eigenvalue weighted by molar-refractivity contribution is 0.0602. The molecular formula is C25H22N4O3. The van der Waals surface area contributed by atoms with Crippen molar-refractivity contribution in [1.82, 2.24) is 15.0 Å². The van der Waals surface area contributed by atoms with E-state index in [0.717, 1.165) is 28.1 Å². The van der Waals surface area contributed by atoms with Crippen LogP contribution in [0, 0.1) is 0 Å². The molecule has 4 aromatic rings. The average Bonchev–Trinajstić information content (AvgIpc) is 3.62. The average molecular weight is 426 g/mol. The maximum Gasteiger partial charge on any atom is 0.340 e. The van der Waals surface area contributed by atoms with E-state index < -0.39 is 5.97 Å². The summed E-state index contributed by atoms with van der Waals surface area (Å²) in [6, 6.07) is 22.4. The Hall–Kier alpha value is -4.13. The number of carbonyl (C=O) groups excluding carboxylic acids is 1. The molecule has 1 N–H and O–H groups in total. The number of rotatable bonds is 7. The van der Waals surface area contributed by atoms with Crippen molar-refractivity contribution in [2.24, 2.45) is 5.10 Å². The minimum Gasteiger partial charge on any atom is -0.465 e. The van der Waals surface area contributed by atoms with Gasteiger partial charge in [0.1, 0.15) is 0 Å². The highest BCUT2D eigenvalue weighted by atomic mass is 16.5. The number of esters is 1. The molecule has 0 amide bonds. The number of fused-ring (bicyclic) bond motifs is 1. The molecular weight excluding hydrogens is 404 g/mol. The minimum atomic E-state index is -0.400. The Morgan fingerprint density at radius 1 is 1.00 bits per heavy atom. The van der Waals surface area contributed by atoms with Crippen molar-refractivity contribution in [2.75, 3.05) is 13.7 Å². The van der Waals surface area contributed by atoms with Gasteiger partial charge in [0.05, 0.1) is 36.9 Å². The zero-order valence-electron chi connectivity index (χ0n) is 17.8. The number of benzene rings is 3. The lowest BCUT2D eigenvalue weighted by Crippen LogP contribution is -2.09. The van der Waals surface area contributed by atoms with Gasteiger partial charge in [0.25, 0.3) is 6.01 Å². The topological polar surface area (TPSA) is 87.7 Å². The number of hydrazone groups is 1. The van der Waals surface area contributed by atoms with Gasteiger partial charge in [-0.2, -0.15) is 10.1 Å². The lowest BCUT2D eigenvalue weighted by Gasteiger charge is -2.12. The van der Waals surface area contributed by atoms with E-state index in [4.69, 9.17) is 9.47 Å². The third-order valence-electron chi connectivity index (χ3n) is 5.42. The summed E-state index contributed by atoms with van der Waals surface area (Å²) in [5, 5.41) is 4.12. The van der Waals surface area contributed by atoms with Crippen molar-refractivity contribution < 1.29 is 14.3 Å². The number of ether oxygens (including phenoxy) is 2. The van der Waals surface area contributed by atoms with Crippen LogP contribution in [0.2, 0.25) is 0 Å². The molecule has 0 saturated carbocycles. The van der Waals surface area contributed by atoms with Crippen LogP contribution >= 0.6 is 0 Å². The smallest absolute Gasteiger partial charge is 0.340 e. The summed E-state index contributed by atoms with van der Waals surface area (Å²) in [7, 11) is 1.38. The molecule has 0 aliphatic carbocycles. The molecule has 32 heavy (non-hydrogen) atoms. The molecule has 1 aliphatic heterocycles. The number of aromatic nitrogens is 2. The number of methoxy groups -OCH3 is 1. The maximum atomic E-state index is 12.4. The van der Waals surface area contributed by atoms with Crippen molar-refractivity contribution in [3.8, 4) is 17.1 Å². The van der Waals surface area contributed by atoms with Gasteiger partial charge in [-0.1, -0.05) is 54.6 Å². The molecule has 5 rings (SSSR count). The van der Waals surface area contributed by atoms with Gasteiger partial charge in [0.2, 0.25) is 0 Å². The summed E-state index contributed by atoms with van der Waals surface area (Å²) < 4.78 is 12.7. The van der Waals surface area contributed by atoms with Crippen LogP contribution in [-0.4, -0.2) is 35.1 Å². The number of hydrogen-bond donors (Lipinski definition) is 1. The fourth-order valence-corrected chi connectivity index (χ4v) is 3.89. The van der Waals surface area contributed by atoms with E-state index in [9.17, 15) is 4.79 Å². The standard InChI is InChI=1S/C25H22N4O3/c1-3-32-25-26-21-10-6-9-20(24(30)31-2)22(21)29(25)15-16-11-13-17(14-12-16)18-7-4-5-8-19(18)23-27-28-23/h4-14H,3,15H2,1-2H3,(H,27,28). The van der Waals surface area contributed by atoms with E-state index in [1.54, 1.807) is 12.1 Å². The summed E-state index contributed by atoms with van der Waals surface area (Å²) >= 11 is 0. The van der Waals surface area contributed by atoms with E-state index in [1.165, 1.54) is 7.11 Å². The van der Waals surface area contributed by atoms with Crippen molar-refractivity contribution in [2.45, 2.75) is 13.5 Å². The van der Waals surface area contributed by atoms with E-state index >= 15 is 0 Å². The molecule has 160 valence electrons. The first-order valence-corrected chi connectivity index (χ1v) is 10.4. The largest absolute Gasteiger partial charge is 0.465 e. The van der Waals surface area contributed by atoms with E-state index in [-0.39, 0.29) is 0 Å². The highest BCUT2D eigenvalue weighted by Crippen LogP contribution is 2.29. The first-order chi connectivity index (χ1) is 15.7. The Bertz CT molecular complexity index is 1340. The second-order valence-electron chi connectivity index (χ2n) is 7.39. The van der Waals surface area contributed by atoms with Crippen LogP contribution in [0.15, 0.2) is 71.8 Å². The number of hydrogen-bond acceptors (Lipinski definition) is 6. The number of nitrogens with zero attached hydrogens (tertiary/aromatic N) is 3. The van der Waals surface area contributed by atoms with Crippen molar-refractivity contribution in [3.63, 3.8) is 0 Å². The van der Waals surface area contributed by atoms with Gasteiger partial charge in [-0.15, -0.1) is 0 Å². The minimum absolute atomic E-state index is 0.400. The molecule has 0 fully saturated rings. The Morgan fingerprint density at radius 3 is 2.44 bits per heavy atom. The van der Waals surface area contributed by atoms with Crippen LogP contribution in [0.4, 0.5) is 0 Å². The summed E-state index contributed by atoms with van der Waals surface area (Å²) in [6.07, 6.45) is 0. The van der Waals surface area contributed by atoms with Gasteiger partial charge < -0.3 is 9.47 Å². The number of para-hydroxylation sites is 1. The zero-order chi connectivity index (χ0) is 22.1. The number of imidazole rings is 1. The molecule has 0 atom stereocenters. The van der Waals surface area contributed by atoms with Crippen LogP contribution < -0.4 is 10.2 Å². The molecule has 0 unspecified atom stereocenters. The SMILES string of the molecule is CCOc1nc2cccc(C(=O)OC)c2n1Cc1ccc(-c2ccccc2C2=NN2)cc1. The predicted octanol–water partition coefficient (Wildman–Crippen LogP) is 4.20. The van der Waals surface area contributed by atoms with Crippen molar-refractivity contribution in [3.05, 3.63) is 83.4 Å². The number of carbonyl (C=O) groups is 1. The van der Waals surface area contributed by atoms with Crippen molar-refractivity contribution in [1.29, 1.82) is 0 Å². The fraction of sp³-hybridized carbons (Fsp3) is 0.160. The molecule has 0 saturated heterocycles. The van der Waals surface area contributed by atoms with Gasteiger partial charge >= 0.3 is 5.97 Å². The molecule has 7 heteroatoms. The zero-order valence-corrected chi connectivity index (χ0v) is 17.8. The summed E-state index contributed by atoms with van der Waals surface area (Å²) in [6.45, 7) is 2.90. The third kappa shape index (κ3) is 3.58. The molecule has 0 radical (unpaired) electrons. The number of nitrogens with one attached hydrogen (secondary N) is 1. The summed E-state index contributed by atoms with van der Waals surface area (Å²) in [5.41, 5.74) is 9.18. The van der Waals surface area contributed by atoms with Gasteiger partial charge in [-0.05, 0) is 35.7 Å². The van der Waals surface area contributed by atoms with Crippen LogP contribution in [0.1, 0.15) is 28.4 Å². The van der Waals surface area contributed by atoms with E-state index in [1.807, 2.05) is 29.7 Å². The van der Waals surface area contributed by atoms with Crippen LogP contribution in [-0.2, 0) is 11.3 Å². The van der Waals surface area contributed by atoms with Crippen LogP contribution in [0.5, 0.6) is 6.01 Å². The summed E-state index contributed by atoms with van der Waals surface area (Å²) in [4.78, 5) is 17.0. The highest BCUT2D eigenvalue weighted by Gasteiger charge is 2.20. The van der Waals surface area contributed by atoms with E-state index in [2.05, 4.69) is 51.9 Å². The Morgan fingerprint density at radius 2 is 1.75 bits per heavy atom. The maximum absolute atomic E-state index is 12.4. The monoisotopic (exact) mass is 426 g/mol. The molecule has 2 heterocycles. The molecule has 7 nitrogen and oxygen atoms in total. The fourth-order valence-electron chi connectivity index (χ4n) is 3.89. The van der Waals surface area contributed by atoms with Crippen LogP contribution in [0.3, 0.4) is 0 Å². The second kappa shape index (κ2) is 8.19. The van der Waals surface area contributed by atoms with Gasteiger partial charge in [0.15, 0.2) is 5.84 Å². The molecule has 1 aromatic heterocycles. The highest BCUT2D eigenvalue weighted by molar-refractivity contribution is 6.10. The Labute approximate surface area is 185 Å². The first kappa shape index (κ1) is 19.8.